The smallest absolute Gasteiger partial charge is 0.435 e. The number of halogens is 3. The second kappa shape index (κ2) is 11.1. The molecule has 1 atom stereocenters. The number of ketones is 1. The van der Waals surface area contributed by atoms with E-state index in [9.17, 15) is 22.8 Å². The zero-order valence-electron chi connectivity index (χ0n) is 22.9. The third kappa shape index (κ3) is 5.89. The first-order chi connectivity index (χ1) is 19.4. The average Bonchev–Trinajstić information content (AvgIpc) is 3.50. The Bertz CT molecular complexity index is 1510. The van der Waals surface area contributed by atoms with E-state index in [-0.39, 0.29) is 65.5 Å². The molecule has 41 heavy (non-hydrogen) atoms. The molecule has 1 saturated carbocycles. The van der Waals surface area contributed by atoms with E-state index in [4.69, 9.17) is 15.3 Å². The number of nitrogens with zero attached hydrogens (tertiary/aromatic N) is 4. The Morgan fingerprint density at radius 2 is 1.88 bits per heavy atom. The van der Waals surface area contributed by atoms with Gasteiger partial charge in [-0.2, -0.15) is 18.3 Å². The van der Waals surface area contributed by atoms with E-state index < -0.39 is 23.9 Å². The number of fused-ring (bicyclic) bond motifs is 1. The predicted molar refractivity (Wildman–Crippen MR) is 142 cm³/mol. The molecule has 0 radical (unpaired) electrons. The maximum Gasteiger partial charge on any atom is 0.435 e. The van der Waals surface area contributed by atoms with Gasteiger partial charge in [0.25, 0.3) is 0 Å². The van der Waals surface area contributed by atoms with Crippen LogP contribution in [-0.4, -0.2) is 48.5 Å². The number of imidazole rings is 1. The van der Waals surface area contributed by atoms with Crippen molar-refractivity contribution in [2.24, 2.45) is 18.9 Å². The molecule has 13 heteroatoms. The number of rotatable bonds is 7. The molecule has 3 N–H and O–H groups in total. The number of aryl methyl sites for hydroxylation is 2. The van der Waals surface area contributed by atoms with E-state index in [0.29, 0.717) is 24.8 Å². The van der Waals surface area contributed by atoms with Gasteiger partial charge >= 0.3 is 12.3 Å². The van der Waals surface area contributed by atoms with E-state index >= 15 is 0 Å². The normalized spacial score (nSPS) is 20.9. The maximum atomic E-state index is 14.1. The van der Waals surface area contributed by atoms with Crippen LogP contribution in [0.5, 0.6) is 5.75 Å². The molecule has 2 aliphatic rings. The fourth-order valence-corrected chi connectivity index (χ4v) is 5.93. The minimum atomic E-state index is -4.71. The van der Waals surface area contributed by atoms with E-state index in [2.05, 4.69) is 10.4 Å². The number of nitrogens with one attached hydrogen (secondary N) is 2. The molecular weight excluding hydrogens is 541 g/mol. The summed E-state index contributed by atoms with van der Waals surface area (Å²) < 4.78 is 52.7. The zero-order valence-corrected chi connectivity index (χ0v) is 22.9. The van der Waals surface area contributed by atoms with Crippen molar-refractivity contribution in [3.8, 4) is 16.9 Å². The fourth-order valence-electron chi connectivity index (χ4n) is 5.93. The fraction of sp³-hybridized carbons (Fsp3) is 0.500. The lowest BCUT2D eigenvalue weighted by molar-refractivity contribution is -0.141. The molecule has 0 bridgehead atoms. The van der Waals surface area contributed by atoms with Crippen molar-refractivity contribution >= 4 is 11.9 Å². The van der Waals surface area contributed by atoms with Crippen molar-refractivity contribution in [2.45, 2.75) is 64.3 Å². The Balaban J connectivity index is 1.50. The molecule has 1 unspecified atom stereocenters. The van der Waals surface area contributed by atoms with Crippen molar-refractivity contribution in [2.75, 3.05) is 6.61 Å². The molecule has 2 aromatic heterocycles. The van der Waals surface area contributed by atoms with Crippen LogP contribution < -0.4 is 15.7 Å². The minimum Gasteiger partial charge on any atom is -0.491 e. The second-order valence-corrected chi connectivity index (χ2v) is 10.9. The summed E-state index contributed by atoms with van der Waals surface area (Å²) >= 11 is 0. The number of Topliss-reactive ketones (excluding diaryl/α,β-unsaturated/α-hetero) is 1. The van der Waals surface area contributed by atoms with Crippen LogP contribution in [0, 0.1) is 17.2 Å². The van der Waals surface area contributed by atoms with Crippen LogP contribution in [0.3, 0.4) is 0 Å². The van der Waals surface area contributed by atoms with Crippen LogP contribution in [0.25, 0.3) is 11.1 Å². The molecule has 1 aromatic carbocycles. The van der Waals surface area contributed by atoms with Crippen LogP contribution in [0.4, 0.5) is 18.0 Å². The number of aromatic nitrogens is 4. The molecule has 1 aliphatic carbocycles. The van der Waals surface area contributed by atoms with Gasteiger partial charge in [0.15, 0.2) is 11.5 Å². The SMILES string of the molecule is CCn1cc(-c2cc(Cn3ccn(C)c3=N)cc3c2OCC(CC2CCC(NC(=O)O)CC2)C3=O)c(C(F)(F)F)n1. The van der Waals surface area contributed by atoms with E-state index in [1.807, 2.05) is 0 Å². The first-order valence-corrected chi connectivity index (χ1v) is 13.7. The number of carboxylic acid groups (broad SMARTS) is 1. The zero-order chi connectivity index (χ0) is 29.5. The Morgan fingerprint density at radius 3 is 2.49 bits per heavy atom. The minimum absolute atomic E-state index is 0.0546. The molecule has 3 aromatic rings. The Morgan fingerprint density at radius 1 is 1.17 bits per heavy atom. The molecule has 5 rings (SSSR count). The number of hydrogen-bond acceptors (Lipinski definition) is 5. The van der Waals surface area contributed by atoms with Crippen molar-refractivity contribution in [1.82, 2.24) is 24.2 Å². The monoisotopic (exact) mass is 574 g/mol. The highest BCUT2D eigenvalue weighted by Gasteiger charge is 2.40. The lowest BCUT2D eigenvalue weighted by Crippen LogP contribution is -2.37. The Labute approximate surface area is 234 Å². The third-order valence-corrected chi connectivity index (χ3v) is 8.08. The first kappa shape index (κ1) is 28.5. The summed E-state index contributed by atoms with van der Waals surface area (Å²) in [6, 6.07) is 3.16. The molecule has 1 fully saturated rings. The lowest BCUT2D eigenvalue weighted by atomic mass is 9.78. The number of benzene rings is 1. The van der Waals surface area contributed by atoms with Gasteiger partial charge in [0.05, 0.1) is 24.6 Å². The maximum absolute atomic E-state index is 14.1. The van der Waals surface area contributed by atoms with Crippen LogP contribution >= 0.6 is 0 Å². The lowest BCUT2D eigenvalue weighted by Gasteiger charge is -2.32. The largest absolute Gasteiger partial charge is 0.491 e. The van der Waals surface area contributed by atoms with Gasteiger partial charge < -0.3 is 24.3 Å². The standard InChI is InChI=1S/C28H33F3N6O4/c1-3-37-14-22(25(34-37)28(29,30)31)20-11-17(13-36-9-8-35(2)26(36)32)12-21-23(38)18(15-41-24(20)21)10-16-4-6-19(7-5-16)33-27(39)40/h8-9,11-12,14,16,18-19,32-33H,3-7,10,13,15H2,1-2H3,(H,39,40). The van der Waals surface area contributed by atoms with Gasteiger partial charge in [-0.15, -0.1) is 0 Å². The topological polar surface area (TPSA) is 127 Å². The summed E-state index contributed by atoms with van der Waals surface area (Å²) in [5, 5.41) is 23.5. The van der Waals surface area contributed by atoms with Crippen molar-refractivity contribution in [3.05, 3.63) is 53.2 Å². The molecule has 220 valence electrons. The quantitative estimate of drug-likeness (QED) is 0.378. The van der Waals surface area contributed by atoms with Gasteiger partial charge in [-0.05, 0) is 62.6 Å². The number of ether oxygens (including phenoxy) is 1. The number of carbonyl (C=O) groups excluding carboxylic acids is 1. The van der Waals surface area contributed by atoms with E-state index in [0.717, 1.165) is 12.8 Å². The highest BCUT2D eigenvalue weighted by Crippen LogP contribution is 2.44. The number of amides is 1. The van der Waals surface area contributed by atoms with Crippen molar-refractivity contribution in [3.63, 3.8) is 0 Å². The first-order valence-electron chi connectivity index (χ1n) is 13.7. The molecule has 3 heterocycles. The summed E-state index contributed by atoms with van der Waals surface area (Å²) in [6.07, 6.45) is 2.47. The summed E-state index contributed by atoms with van der Waals surface area (Å²) in [5.41, 5.74) is -0.0458. The van der Waals surface area contributed by atoms with E-state index in [1.54, 1.807) is 47.6 Å². The summed E-state index contributed by atoms with van der Waals surface area (Å²) in [7, 11) is 1.72. The van der Waals surface area contributed by atoms with Gasteiger partial charge in [-0.3, -0.25) is 14.9 Å². The van der Waals surface area contributed by atoms with Crippen LogP contribution in [0.2, 0.25) is 0 Å². The van der Waals surface area contributed by atoms with Gasteiger partial charge in [0.2, 0.25) is 5.62 Å². The third-order valence-electron chi connectivity index (χ3n) is 8.08. The second-order valence-electron chi connectivity index (χ2n) is 10.9. The van der Waals surface area contributed by atoms with Gasteiger partial charge in [0.1, 0.15) is 5.75 Å². The highest BCUT2D eigenvalue weighted by atomic mass is 19.4. The summed E-state index contributed by atoms with van der Waals surface area (Å²) in [5.74, 6) is -0.305. The average molecular weight is 575 g/mol. The Kier molecular flexibility index (Phi) is 7.71. The van der Waals surface area contributed by atoms with Gasteiger partial charge in [0, 0.05) is 49.4 Å². The summed E-state index contributed by atoms with van der Waals surface area (Å²) in [4.78, 5) is 24.8. The van der Waals surface area contributed by atoms with E-state index in [1.165, 1.54) is 10.9 Å². The van der Waals surface area contributed by atoms with Crippen molar-refractivity contribution in [1.29, 1.82) is 5.41 Å². The molecule has 0 spiro atoms. The van der Waals surface area contributed by atoms with Crippen LogP contribution in [-0.2, 0) is 26.3 Å². The molecular formula is C28H33F3N6O4. The summed E-state index contributed by atoms with van der Waals surface area (Å²) in [6.45, 7) is 2.17. The highest BCUT2D eigenvalue weighted by molar-refractivity contribution is 6.03. The van der Waals surface area contributed by atoms with Crippen LogP contribution in [0.1, 0.15) is 60.6 Å². The number of alkyl halides is 3. The molecule has 1 aliphatic heterocycles. The predicted octanol–water partition coefficient (Wildman–Crippen LogP) is 4.66. The molecule has 10 nitrogen and oxygen atoms in total. The number of hydrogen-bond donors (Lipinski definition) is 3. The van der Waals surface area contributed by atoms with Crippen molar-refractivity contribution < 1.29 is 32.6 Å². The Hall–Kier alpha value is -4.03. The van der Waals surface area contributed by atoms with Gasteiger partial charge in [-0.1, -0.05) is 0 Å². The molecule has 0 saturated heterocycles. The molecule has 1 amide bonds. The van der Waals surface area contributed by atoms with Gasteiger partial charge in [-0.25, -0.2) is 4.79 Å². The van der Waals surface area contributed by atoms with Crippen LogP contribution in [0.15, 0.2) is 30.7 Å². The number of carbonyl (C=O) groups is 2.